The summed E-state index contributed by atoms with van der Waals surface area (Å²) in [6, 6.07) is 10.7. The standard InChI is InChI=1S/C19H18ClN3O5/c1-24-14-6-4-13(5-7-14)19-23-22-17(28-19)11-27-21-10-12-8-15(20)18(26-3)16(9-12)25-2/h4-10H,11H2,1-3H3/b21-10+. The quantitative estimate of drug-likeness (QED) is 0.415. The predicted molar refractivity (Wildman–Crippen MR) is 103 cm³/mol. The summed E-state index contributed by atoms with van der Waals surface area (Å²) in [4.78, 5) is 5.22. The maximum absolute atomic E-state index is 6.15. The van der Waals surface area contributed by atoms with Gasteiger partial charge in [-0.25, -0.2) is 0 Å². The Labute approximate surface area is 166 Å². The van der Waals surface area contributed by atoms with Gasteiger partial charge in [0, 0.05) is 11.1 Å². The van der Waals surface area contributed by atoms with Gasteiger partial charge < -0.3 is 23.5 Å². The fourth-order valence-corrected chi connectivity index (χ4v) is 2.66. The van der Waals surface area contributed by atoms with Crippen molar-refractivity contribution in [3.8, 4) is 28.7 Å². The minimum atomic E-state index is 0.0284. The summed E-state index contributed by atoms with van der Waals surface area (Å²) >= 11 is 6.15. The molecule has 0 radical (unpaired) electrons. The van der Waals surface area contributed by atoms with Gasteiger partial charge in [0.15, 0.2) is 18.1 Å². The number of halogens is 1. The first kappa shape index (κ1) is 19.5. The minimum absolute atomic E-state index is 0.0284. The molecule has 0 unspecified atom stereocenters. The third kappa shape index (κ3) is 4.52. The zero-order valence-corrected chi connectivity index (χ0v) is 16.3. The predicted octanol–water partition coefficient (Wildman–Crippen LogP) is 3.97. The van der Waals surface area contributed by atoms with E-state index in [4.69, 9.17) is 35.1 Å². The Kier molecular flexibility index (Phi) is 6.33. The molecule has 1 aromatic heterocycles. The molecule has 0 saturated carbocycles. The lowest BCUT2D eigenvalue weighted by molar-refractivity contribution is 0.112. The second-order valence-corrected chi connectivity index (χ2v) is 5.88. The Morgan fingerprint density at radius 3 is 2.50 bits per heavy atom. The third-order valence-corrected chi connectivity index (χ3v) is 4.00. The van der Waals surface area contributed by atoms with Crippen LogP contribution in [0.2, 0.25) is 5.02 Å². The van der Waals surface area contributed by atoms with Crippen LogP contribution in [0.4, 0.5) is 0 Å². The molecule has 0 aliphatic carbocycles. The van der Waals surface area contributed by atoms with Crippen molar-refractivity contribution >= 4 is 17.8 Å². The minimum Gasteiger partial charge on any atom is -0.497 e. The van der Waals surface area contributed by atoms with E-state index in [2.05, 4.69) is 15.4 Å². The van der Waals surface area contributed by atoms with E-state index in [9.17, 15) is 0 Å². The lowest BCUT2D eigenvalue weighted by Crippen LogP contribution is -1.94. The average molecular weight is 404 g/mol. The Balaban J connectivity index is 1.61. The molecule has 0 saturated heterocycles. The monoisotopic (exact) mass is 403 g/mol. The smallest absolute Gasteiger partial charge is 0.257 e. The van der Waals surface area contributed by atoms with Crippen molar-refractivity contribution in [2.45, 2.75) is 6.61 Å². The van der Waals surface area contributed by atoms with Gasteiger partial charge in [0.05, 0.1) is 32.6 Å². The molecule has 0 N–H and O–H groups in total. The van der Waals surface area contributed by atoms with Crippen LogP contribution >= 0.6 is 11.6 Å². The first-order chi connectivity index (χ1) is 13.6. The van der Waals surface area contributed by atoms with Crippen LogP contribution in [-0.4, -0.2) is 37.7 Å². The highest BCUT2D eigenvalue weighted by molar-refractivity contribution is 6.32. The molecule has 146 valence electrons. The van der Waals surface area contributed by atoms with E-state index in [1.165, 1.54) is 20.4 Å². The first-order valence-corrected chi connectivity index (χ1v) is 8.56. The van der Waals surface area contributed by atoms with Crippen LogP contribution in [0.3, 0.4) is 0 Å². The van der Waals surface area contributed by atoms with Crippen molar-refractivity contribution in [3.63, 3.8) is 0 Å². The Hall–Kier alpha value is -3.26. The van der Waals surface area contributed by atoms with E-state index >= 15 is 0 Å². The average Bonchev–Trinajstić information content (AvgIpc) is 3.19. The van der Waals surface area contributed by atoms with Crippen LogP contribution in [0.5, 0.6) is 17.2 Å². The largest absolute Gasteiger partial charge is 0.497 e. The maximum atomic E-state index is 6.15. The lowest BCUT2D eigenvalue weighted by atomic mass is 10.2. The topological polar surface area (TPSA) is 88.2 Å². The molecule has 28 heavy (non-hydrogen) atoms. The number of rotatable bonds is 8. The van der Waals surface area contributed by atoms with Crippen molar-refractivity contribution in [2.75, 3.05) is 21.3 Å². The summed E-state index contributed by atoms with van der Waals surface area (Å²) in [6.07, 6.45) is 1.49. The molecule has 2 aromatic carbocycles. The first-order valence-electron chi connectivity index (χ1n) is 8.18. The van der Waals surface area contributed by atoms with Crippen molar-refractivity contribution in [1.29, 1.82) is 0 Å². The number of nitrogens with zero attached hydrogens (tertiary/aromatic N) is 3. The van der Waals surface area contributed by atoms with Crippen molar-refractivity contribution in [2.24, 2.45) is 5.16 Å². The summed E-state index contributed by atoms with van der Waals surface area (Å²) in [5.74, 6) is 2.39. The third-order valence-electron chi connectivity index (χ3n) is 3.72. The Bertz CT molecular complexity index is 957. The van der Waals surface area contributed by atoms with Gasteiger partial charge in [-0.2, -0.15) is 0 Å². The van der Waals surface area contributed by atoms with Crippen LogP contribution in [0, 0.1) is 0 Å². The van der Waals surface area contributed by atoms with Gasteiger partial charge in [-0.3, -0.25) is 0 Å². The Morgan fingerprint density at radius 2 is 1.82 bits per heavy atom. The molecule has 9 heteroatoms. The molecule has 0 amide bonds. The summed E-state index contributed by atoms with van der Waals surface area (Å²) < 4.78 is 21.1. The highest BCUT2D eigenvalue weighted by Gasteiger charge is 2.11. The molecule has 8 nitrogen and oxygen atoms in total. The summed E-state index contributed by atoms with van der Waals surface area (Å²) in [5, 5.41) is 12.2. The second kappa shape index (κ2) is 9.09. The number of ether oxygens (including phenoxy) is 3. The van der Waals surface area contributed by atoms with E-state index in [0.29, 0.717) is 33.9 Å². The molecule has 3 aromatic rings. The zero-order chi connectivity index (χ0) is 19.9. The number of hydrogen-bond donors (Lipinski definition) is 0. The number of oxime groups is 1. The molecule has 3 rings (SSSR count). The van der Waals surface area contributed by atoms with Crippen LogP contribution in [0.25, 0.3) is 11.5 Å². The maximum Gasteiger partial charge on any atom is 0.257 e. The van der Waals surface area contributed by atoms with Gasteiger partial charge in [-0.1, -0.05) is 16.8 Å². The molecule has 0 aliphatic heterocycles. The van der Waals surface area contributed by atoms with Gasteiger partial charge in [0.2, 0.25) is 5.89 Å². The van der Waals surface area contributed by atoms with Gasteiger partial charge in [-0.15, -0.1) is 10.2 Å². The zero-order valence-electron chi connectivity index (χ0n) is 15.5. The van der Waals surface area contributed by atoms with E-state index < -0.39 is 0 Å². The van der Waals surface area contributed by atoms with Crippen molar-refractivity contribution in [3.05, 3.63) is 52.9 Å². The van der Waals surface area contributed by atoms with Gasteiger partial charge in [-0.05, 0) is 36.4 Å². The molecule has 0 spiro atoms. The molecular formula is C19H18ClN3O5. The number of aromatic nitrogens is 2. The van der Waals surface area contributed by atoms with Crippen LogP contribution < -0.4 is 14.2 Å². The highest BCUT2D eigenvalue weighted by atomic mass is 35.5. The summed E-state index contributed by atoms with van der Waals surface area (Å²) in [7, 11) is 4.65. The van der Waals surface area contributed by atoms with Crippen LogP contribution in [0.15, 0.2) is 46.0 Å². The van der Waals surface area contributed by atoms with E-state index in [1.807, 2.05) is 24.3 Å². The van der Waals surface area contributed by atoms with E-state index in [-0.39, 0.29) is 6.61 Å². The molecule has 1 heterocycles. The molecule has 0 aliphatic rings. The van der Waals surface area contributed by atoms with Gasteiger partial charge in [0.1, 0.15) is 5.75 Å². The molecule has 0 bridgehead atoms. The van der Waals surface area contributed by atoms with Crippen LogP contribution in [0.1, 0.15) is 11.5 Å². The van der Waals surface area contributed by atoms with E-state index in [0.717, 1.165) is 11.3 Å². The number of methoxy groups -OCH3 is 3. The van der Waals surface area contributed by atoms with E-state index in [1.54, 1.807) is 19.2 Å². The highest BCUT2D eigenvalue weighted by Crippen LogP contribution is 2.35. The fraction of sp³-hybridized carbons (Fsp3) is 0.211. The van der Waals surface area contributed by atoms with Gasteiger partial charge in [0.25, 0.3) is 5.89 Å². The normalized spacial score (nSPS) is 10.9. The Morgan fingerprint density at radius 1 is 1.04 bits per heavy atom. The van der Waals surface area contributed by atoms with Gasteiger partial charge >= 0.3 is 0 Å². The fourth-order valence-electron chi connectivity index (χ4n) is 2.37. The lowest BCUT2D eigenvalue weighted by Gasteiger charge is -2.09. The summed E-state index contributed by atoms with van der Waals surface area (Å²) in [6.45, 7) is 0.0284. The summed E-state index contributed by atoms with van der Waals surface area (Å²) in [5.41, 5.74) is 1.47. The molecular weight excluding hydrogens is 386 g/mol. The molecule has 0 fully saturated rings. The van der Waals surface area contributed by atoms with Crippen molar-refractivity contribution < 1.29 is 23.5 Å². The van der Waals surface area contributed by atoms with Crippen LogP contribution in [-0.2, 0) is 11.4 Å². The SMILES string of the molecule is COc1ccc(-c2nnc(CO/N=C/c3cc(Cl)c(OC)c(OC)c3)o2)cc1. The number of hydrogen-bond acceptors (Lipinski definition) is 8. The second-order valence-electron chi connectivity index (χ2n) is 5.48. The number of benzene rings is 2. The van der Waals surface area contributed by atoms with Crippen molar-refractivity contribution in [1.82, 2.24) is 10.2 Å². The molecule has 0 atom stereocenters.